The Balaban J connectivity index is 1.62. The minimum absolute atomic E-state index is 0.0108. The molecule has 0 aliphatic heterocycles. The Kier molecular flexibility index (Phi) is 6.39. The number of carbonyl (C=O) groups is 2. The van der Waals surface area contributed by atoms with Gasteiger partial charge in [0.25, 0.3) is 5.91 Å². The molecule has 28 heavy (non-hydrogen) atoms. The van der Waals surface area contributed by atoms with Crippen LogP contribution in [0.15, 0.2) is 42.6 Å². The molecule has 1 aliphatic rings. The Morgan fingerprint density at radius 1 is 1.25 bits per heavy atom. The van der Waals surface area contributed by atoms with Crippen LogP contribution in [0.2, 0.25) is 0 Å². The van der Waals surface area contributed by atoms with Crippen molar-refractivity contribution in [1.29, 1.82) is 0 Å². The summed E-state index contributed by atoms with van der Waals surface area (Å²) in [5.41, 5.74) is 1.74. The largest absolute Gasteiger partial charge is 0.349 e. The van der Waals surface area contributed by atoms with Crippen LogP contribution in [0.4, 0.5) is 4.39 Å². The number of halogens is 1. The van der Waals surface area contributed by atoms with E-state index in [1.807, 2.05) is 14.0 Å². The monoisotopic (exact) mass is 383 g/mol. The van der Waals surface area contributed by atoms with Gasteiger partial charge in [0.2, 0.25) is 5.91 Å². The molecule has 6 heteroatoms. The highest BCUT2D eigenvalue weighted by Gasteiger charge is 2.29. The third-order valence-corrected chi connectivity index (χ3v) is 5.36. The third kappa shape index (κ3) is 4.74. The van der Waals surface area contributed by atoms with Crippen molar-refractivity contribution < 1.29 is 14.0 Å². The zero-order chi connectivity index (χ0) is 20.1. The van der Waals surface area contributed by atoms with E-state index < -0.39 is 0 Å². The van der Waals surface area contributed by atoms with Crippen LogP contribution >= 0.6 is 0 Å². The van der Waals surface area contributed by atoms with E-state index in [9.17, 15) is 14.0 Å². The van der Waals surface area contributed by atoms with Gasteiger partial charge in [0, 0.05) is 37.3 Å². The molecule has 2 amide bonds. The molecule has 2 aromatic rings. The summed E-state index contributed by atoms with van der Waals surface area (Å²) < 4.78 is 13.4. The van der Waals surface area contributed by atoms with Crippen LogP contribution < -0.4 is 5.32 Å². The number of hydrogen-bond donors (Lipinski definition) is 1. The number of benzene rings is 1. The number of hydrogen-bond acceptors (Lipinski definition) is 3. The molecule has 1 fully saturated rings. The molecule has 1 aromatic heterocycles. The minimum Gasteiger partial charge on any atom is -0.349 e. The van der Waals surface area contributed by atoms with Gasteiger partial charge in [-0.05, 0) is 50.5 Å². The van der Waals surface area contributed by atoms with Gasteiger partial charge in [-0.25, -0.2) is 4.39 Å². The van der Waals surface area contributed by atoms with Gasteiger partial charge in [-0.15, -0.1) is 0 Å². The third-order valence-electron chi connectivity index (χ3n) is 5.36. The first-order valence-corrected chi connectivity index (χ1v) is 9.75. The first-order chi connectivity index (χ1) is 13.5. The van der Waals surface area contributed by atoms with Crippen LogP contribution in [0, 0.1) is 11.7 Å². The van der Waals surface area contributed by atoms with Gasteiger partial charge in [0.1, 0.15) is 5.82 Å². The van der Waals surface area contributed by atoms with E-state index in [-0.39, 0.29) is 29.6 Å². The number of pyridine rings is 1. The molecule has 3 rings (SSSR count). The maximum Gasteiger partial charge on any atom is 0.253 e. The van der Waals surface area contributed by atoms with Gasteiger partial charge < -0.3 is 10.2 Å². The van der Waals surface area contributed by atoms with Gasteiger partial charge in [0.05, 0.1) is 11.3 Å². The smallest absolute Gasteiger partial charge is 0.253 e. The van der Waals surface area contributed by atoms with Gasteiger partial charge in [-0.3, -0.25) is 14.6 Å². The Morgan fingerprint density at radius 2 is 2.07 bits per heavy atom. The van der Waals surface area contributed by atoms with E-state index in [2.05, 4.69) is 10.3 Å². The Hall–Kier alpha value is -2.76. The van der Waals surface area contributed by atoms with Crippen LogP contribution in [0.3, 0.4) is 0 Å². The molecule has 1 N–H and O–H groups in total. The van der Waals surface area contributed by atoms with Gasteiger partial charge in [0.15, 0.2) is 0 Å². The topological polar surface area (TPSA) is 62.3 Å². The van der Waals surface area contributed by atoms with Crippen LogP contribution in [0.1, 0.15) is 43.0 Å². The number of nitrogens with one attached hydrogen (secondary N) is 1. The van der Waals surface area contributed by atoms with Gasteiger partial charge in [-0.1, -0.05) is 18.6 Å². The Morgan fingerprint density at radius 3 is 2.75 bits per heavy atom. The maximum absolute atomic E-state index is 13.4. The van der Waals surface area contributed by atoms with Crippen LogP contribution in [-0.4, -0.2) is 41.3 Å². The van der Waals surface area contributed by atoms with Crippen molar-refractivity contribution >= 4 is 11.8 Å². The summed E-state index contributed by atoms with van der Waals surface area (Å²) in [6.07, 6.45) is 4.85. The van der Waals surface area contributed by atoms with Crippen LogP contribution in [0.5, 0.6) is 0 Å². The second-order valence-electron chi connectivity index (χ2n) is 7.33. The average molecular weight is 383 g/mol. The summed E-state index contributed by atoms with van der Waals surface area (Å²) in [5.74, 6) is -0.392. The standard InChI is InChI=1S/C22H26FN3O2/c1-3-26(2)22(28)16-7-5-9-19(13-16)25-21(27)17-10-11-20(24-14-17)15-6-4-8-18(23)12-15/h4,6,8,10-12,14,16,19H,3,5,7,9,13H2,1-2H3,(H,25,27). The van der Waals surface area contributed by atoms with E-state index in [0.29, 0.717) is 29.8 Å². The zero-order valence-electron chi connectivity index (χ0n) is 16.3. The number of carbonyl (C=O) groups excluding carboxylic acids is 2. The van der Waals surface area contributed by atoms with Crippen molar-refractivity contribution in [2.24, 2.45) is 5.92 Å². The number of aromatic nitrogens is 1. The molecule has 0 spiro atoms. The number of rotatable bonds is 5. The van der Waals surface area contributed by atoms with Crippen molar-refractivity contribution in [2.75, 3.05) is 13.6 Å². The van der Waals surface area contributed by atoms with E-state index in [0.717, 1.165) is 19.3 Å². The SMILES string of the molecule is CCN(C)C(=O)C1CCCC(NC(=O)c2ccc(-c3cccc(F)c3)nc2)C1. The lowest BCUT2D eigenvalue weighted by Crippen LogP contribution is -2.42. The predicted molar refractivity (Wildman–Crippen MR) is 106 cm³/mol. The molecule has 148 valence electrons. The molecule has 1 heterocycles. The maximum atomic E-state index is 13.4. The normalized spacial score (nSPS) is 19.1. The number of amides is 2. The van der Waals surface area contributed by atoms with E-state index in [1.54, 1.807) is 29.2 Å². The lowest BCUT2D eigenvalue weighted by Gasteiger charge is -2.31. The summed E-state index contributed by atoms with van der Waals surface area (Å²) >= 11 is 0. The Bertz CT molecular complexity index is 838. The molecule has 0 bridgehead atoms. The molecule has 5 nitrogen and oxygen atoms in total. The Labute approximate surface area is 165 Å². The van der Waals surface area contributed by atoms with Crippen LogP contribution in [0.25, 0.3) is 11.3 Å². The second-order valence-corrected chi connectivity index (χ2v) is 7.33. The number of nitrogens with zero attached hydrogens (tertiary/aromatic N) is 2. The van der Waals surface area contributed by atoms with Crippen molar-refractivity contribution in [2.45, 2.75) is 38.6 Å². The molecular weight excluding hydrogens is 357 g/mol. The van der Waals surface area contributed by atoms with Crippen molar-refractivity contribution in [1.82, 2.24) is 15.2 Å². The lowest BCUT2D eigenvalue weighted by molar-refractivity contribution is -0.135. The summed E-state index contributed by atoms with van der Waals surface area (Å²) in [7, 11) is 1.82. The van der Waals surface area contributed by atoms with Crippen molar-refractivity contribution in [3.8, 4) is 11.3 Å². The predicted octanol–water partition coefficient (Wildman–Crippen LogP) is 3.65. The fraction of sp³-hybridized carbons (Fsp3) is 0.409. The summed E-state index contributed by atoms with van der Waals surface area (Å²) in [5, 5.41) is 3.04. The first kappa shape index (κ1) is 20.0. The van der Waals surface area contributed by atoms with Crippen LogP contribution in [-0.2, 0) is 4.79 Å². The molecule has 1 aromatic carbocycles. The quantitative estimate of drug-likeness (QED) is 0.857. The summed E-state index contributed by atoms with van der Waals surface area (Å²) in [6, 6.07) is 9.59. The molecule has 0 radical (unpaired) electrons. The minimum atomic E-state index is -0.323. The fourth-order valence-electron chi connectivity index (χ4n) is 3.63. The van der Waals surface area contributed by atoms with Crippen molar-refractivity contribution in [3.63, 3.8) is 0 Å². The highest BCUT2D eigenvalue weighted by atomic mass is 19.1. The van der Waals surface area contributed by atoms with Gasteiger partial charge >= 0.3 is 0 Å². The van der Waals surface area contributed by atoms with Gasteiger partial charge in [-0.2, -0.15) is 0 Å². The van der Waals surface area contributed by atoms with E-state index in [4.69, 9.17) is 0 Å². The molecule has 1 aliphatic carbocycles. The fourth-order valence-corrected chi connectivity index (χ4v) is 3.63. The van der Waals surface area contributed by atoms with E-state index >= 15 is 0 Å². The summed E-state index contributed by atoms with van der Waals surface area (Å²) in [6.45, 7) is 2.65. The second kappa shape index (κ2) is 8.95. The highest BCUT2D eigenvalue weighted by Crippen LogP contribution is 2.26. The van der Waals surface area contributed by atoms with Crippen molar-refractivity contribution in [3.05, 3.63) is 54.0 Å². The average Bonchev–Trinajstić information content (AvgIpc) is 2.73. The molecule has 2 atom stereocenters. The first-order valence-electron chi connectivity index (χ1n) is 9.75. The molecular formula is C22H26FN3O2. The molecule has 0 saturated heterocycles. The lowest BCUT2D eigenvalue weighted by atomic mass is 9.84. The molecule has 2 unspecified atom stereocenters. The highest BCUT2D eigenvalue weighted by molar-refractivity contribution is 5.94. The van der Waals surface area contributed by atoms with E-state index in [1.165, 1.54) is 18.3 Å². The summed E-state index contributed by atoms with van der Waals surface area (Å²) in [4.78, 5) is 31.0. The molecule has 1 saturated carbocycles. The zero-order valence-corrected chi connectivity index (χ0v) is 16.3.